The molecule has 1 saturated carbocycles. The summed E-state index contributed by atoms with van der Waals surface area (Å²) in [5.41, 5.74) is 2.08. The van der Waals surface area contributed by atoms with Crippen LogP contribution in [0, 0.1) is 0 Å². The Bertz CT molecular complexity index is 557. The Morgan fingerprint density at radius 3 is 3.00 bits per heavy atom. The summed E-state index contributed by atoms with van der Waals surface area (Å²) in [5.74, 6) is 1.13. The van der Waals surface area contributed by atoms with Crippen LogP contribution in [0.4, 0.5) is 0 Å². The Hall–Kier alpha value is -1.06. The van der Waals surface area contributed by atoms with E-state index >= 15 is 0 Å². The molecule has 1 aliphatic rings. The van der Waals surface area contributed by atoms with Gasteiger partial charge >= 0.3 is 0 Å². The number of hydrogen-bond acceptors (Lipinski definition) is 2. The smallest absolute Gasteiger partial charge is 0.111 e. The van der Waals surface area contributed by atoms with E-state index < -0.39 is 0 Å². The van der Waals surface area contributed by atoms with Crippen LogP contribution >= 0.6 is 11.6 Å². The van der Waals surface area contributed by atoms with Gasteiger partial charge in [-0.25, -0.2) is 4.98 Å². The van der Waals surface area contributed by atoms with Gasteiger partial charge in [0, 0.05) is 25.6 Å². The molecule has 1 N–H and O–H groups in total. The van der Waals surface area contributed by atoms with Gasteiger partial charge in [-0.15, -0.1) is 0 Å². The van der Waals surface area contributed by atoms with Crippen molar-refractivity contribution in [1.29, 1.82) is 0 Å². The average Bonchev–Trinajstić information content (AvgIpc) is 3.10. The lowest BCUT2D eigenvalue weighted by molar-refractivity contribution is 0.637. The summed E-state index contributed by atoms with van der Waals surface area (Å²) < 4.78 is 2.23. The van der Waals surface area contributed by atoms with Crippen LogP contribution in [0.1, 0.15) is 25.6 Å². The maximum atomic E-state index is 6.27. The van der Waals surface area contributed by atoms with E-state index in [1.54, 1.807) is 0 Å². The highest BCUT2D eigenvalue weighted by Crippen LogP contribution is 2.25. The van der Waals surface area contributed by atoms with Crippen molar-refractivity contribution in [3.63, 3.8) is 0 Å². The van der Waals surface area contributed by atoms with Gasteiger partial charge in [0.05, 0.1) is 16.1 Å². The second-order valence-electron chi connectivity index (χ2n) is 4.86. The van der Waals surface area contributed by atoms with Crippen molar-refractivity contribution in [1.82, 2.24) is 14.9 Å². The van der Waals surface area contributed by atoms with E-state index in [4.69, 9.17) is 16.6 Å². The fraction of sp³-hybridized carbons (Fsp3) is 0.500. The lowest BCUT2D eigenvalue weighted by Gasteiger charge is -2.07. The number of para-hydroxylation sites is 1. The number of benzene rings is 1. The number of nitrogens with one attached hydrogen (secondary N) is 1. The Morgan fingerprint density at radius 1 is 1.44 bits per heavy atom. The lowest BCUT2D eigenvalue weighted by atomic mass is 10.3. The Morgan fingerprint density at radius 2 is 2.28 bits per heavy atom. The van der Waals surface area contributed by atoms with Crippen LogP contribution in [-0.4, -0.2) is 22.1 Å². The van der Waals surface area contributed by atoms with Crippen molar-refractivity contribution >= 4 is 22.6 Å². The highest BCUT2D eigenvalue weighted by molar-refractivity contribution is 6.35. The first-order valence-corrected chi connectivity index (χ1v) is 7.04. The minimum Gasteiger partial charge on any atom is -0.327 e. The molecule has 3 nitrogen and oxygen atoms in total. The van der Waals surface area contributed by atoms with E-state index in [0.717, 1.165) is 47.4 Å². The van der Waals surface area contributed by atoms with Crippen LogP contribution in [0.2, 0.25) is 5.02 Å². The monoisotopic (exact) mass is 263 g/mol. The van der Waals surface area contributed by atoms with Gasteiger partial charge in [0.25, 0.3) is 0 Å². The molecule has 1 aliphatic carbocycles. The van der Waals surface area contributed by atoms with Gasteiger partial charge < -0.3 is 9.88 Å². The summed E-state index contributed by atoms with van der Waals surface area (Å²) in [4.78, 5) is 4.70. The van der Waals surface area contributed by atoms with E-state index in [9.17, 15) is 0 Å². The van der Waals surface area contributed by atoms with Crippen molar-refractivity contribution in [3.05, 3.63) is 29.0 Å². The predicted octanol–water partition coefficient (Wildman–Crippen LogP) is 3.00. The number of rotatable bonds is 5. The van der Waals surface area contributed by atoms with Crippen LogP contribution in [-0.2, 0) is 13.0 Å². The van der Waals surface area contributed by atoms with E-state index in [-0.39, 0.29) is 0 Å². The van der Waals surface area contributed by atoms with Crippen LogP contribution in [0.15, 0.2) is 18.2 Å². The Labute approximate surface area is 112 Å². The third kappa shape index (κ3) is 2.25. The molecule has 1 aromatic heterocycles. The second kappa shape index (κ2) is 4.90. The molecule has 18 heavy (non-hydrogen) atoms. The summed E-state index contributed by atoms with van der Waals surface area (Å²) in [6, 6.07) is 6.69. The van der Waals surface area contributed by atoms with Crippen molar-refractivity contribution < 1.29 is 0 Å². The first-order chi connectivity index (χ1) is 8.79. The molecule has 0 saturated heterocycles. The Balaban J connectivity index is 1.87. The molecular weight excluding hydrogens is 246 g/mol. The van der Waals surface area contributed by atoms with Gasteiger partial charge in [0.2, 0.25) is 0 Å². The molecule has 3 rings (SSSR count). The summed E-state index contributed by atoms with van der Waals surface area (Å²) in [7, 11) is 0. The Kier molecular flexibility index (Phi) is 3.27. The highest BCUT2D eigenvalue weighted by Gasteiger charge is 2.20. The van der Waals surface area contributed by atoms with Crippen LogP contribution in [0.25, 0.3) is 11.0 Å². The largest absolute Gasteiger partial charge is 0.327 e. The molecule has 0 radical (unpaired) electrons. The molecular formula is C14H18ClN3. The molecule has 96 valence electrons. The maximum Gasteiger partial charge on any atom is 0.111 e. The summed E-state index contributed by atoms with van der Waals surface area (Å²) in [6.07, 6.45) is 3.63. The maximum absolute atomic E-state index is 6.27. The summed E-state index contributed by atoms with van der Waals surface area (Å²) >= 11 is 6.27. The van der Waals surface area contributed by atoms with Crippen molar-refractivity contribution in [2.75, 3.05) is 6.54 Å². The van der Waals surface area contributed by atoms with Gasteiger partial charge in [0.15, 0.2) is 0 Å². The normalized spacial score (nSPS) is 15.4. The SMILES string of the molecule is CCn1c(CCNC2CC2)nc2cccc(Cl)c21. The van der Waals surface area contributed by atoms with Gasteiger partial charge in [0.1, 0.15) is 5.82 Å². The van der Waals surface area contributed by atoms with E-state index in [2.05, 4.69) is 16.8 Å². The molecule has 0 spiro atoms. The molecule has 1 heterocycles. The zero-order chi connectivity index (χ0) is 12.5. The minimum atomic E-state index is 0.757. The van der Waals surface area contributed by atoms with Crippen molar-refractivity contribution in [2.45, 2.75) is 38.8 Å². The fourth-order valence-electron chi connectivity index (χ4n) is 2.40. The molecule has 2 aromatic rings. The van der Waals surface area contributed by atoms with Gasteiger partial charge in [-0.2, -0.15) is 0 Å². The summed E-state index contributed by atoms with van der Waals surface area (Å²) in [5, 5.41) is 4.32. The number of halogens is 1. The fourth-order valence-corrected chi connectivity index (χ4v) is 2.67. The molecule has 1 aromatic carbocycles. The van der Waals surface area contributed by atoms with Crippen molar-refractivity contribution in [3.8, 4) is 0 Å². The first-order valence-electron chi connectivity index (χ1n) is 6.66. The van der Waals surface area contributed by atoms with Gasteiger partial charge in [-0.05, 0) is 31.9 Å². The second-order valence-corrected chi connectivity index (χ2v) is 5.27. The topological polar surface area (TPSA) is 29.9 Å². The summed E-state index contributed by atoms with van der Waals surface area (Å²) in [6.45, 7) is 4.06. The molecule has 4 heteroatoms. The zero-order valence-electron chi connectivity index (χ0n) is 10.6. The number of aryl methyl sites for hydroxylation is 1. The number of hydrogen-bond donors (Lipinski definition) is 1. The number of fused-ring (bicyclic) bond motifs is 1. The minimum absolute atomic E-state index is 0.757. The molecule has 0 bridgehead atoms. The predicted molar refractivity (Wildman–Crippen MR) is 75.1 cm³/mol. The quantitative estimate of drug-likeness (QED) is 0.899. The first kappa shape index (κ1) is 12.0. The van der Waals surface area contributed by atoms with Crippen LogP contribution < -0.4 is 5.32 Å². The standard InChI is InChI=1S/C14H18ClN3/c1-2-18-13(8-9-16-10-6-7-10)17-12-5-3-4-11(15)14(12)18/h3-5,10,16H,2,6-9H2,1H3. The molecule has 1 fully saturated rings. The molecule has 0 unspecified atom stereocenters. The van der Waals surface area contributed by atoms with Crippen LogP contribution in [0.3, 0.4) is 0 Å². The zero-order valence-corrected chi connectivity index (χ0v) is 11.4. The number of nitrogens with zero attached hydrogens (tertiary/aromatic N) is 2. The van der Waals surface area contributed by atoms with Gasteiger partial charge in [-0.1, -0.05) is 17.7 Å². The number of imidazole rings is 1. The lowest BCUT2D eigenvalue weighted by Crippen LogP contribution is -2.20. The third-order valence-electron chi connectivity index (χ3n) is 3.47. The molecule has 0 atom stereocenters. The van der Waals surface area contributed by atoms with E-state index in [1.807, 2.05) is 18.2 Å². The van der Waals surface area contributed by atoms with Crippen molar-refractivity contribution in [2.24, 2.45) is 0 Å². The average molecular weight is 264 g/mol. The molecule has 0 amide bonds. The number of aromatic nitrogens is 2. The van der Waals surface area contributed by atoms with E-state index in [1.165, 1.54) is 12.8 Å². The third-order valence-corrected chi connectivity index (χ3v) is 3.78. The highest BCUT2D eigenvalue weighted by atomic mass is 35.5. The van der Waals surface area contributed by atoms with E-state index in [0.29, 0.717) is 0 Å². The van der Waals surface area contributed by atoms with Gasteiger partial charge in [-0.3, -0.25) is 0 Å². The molecule has 0 aliphatic heterocycles. The van der Waals surface area contributed by atoms with Crippen LogP contribution in [0.5, 0.6) is 0 Å².